The highest BCUT2D eigenvalue weighted by Crippen LogP contribution is 2.21. The molecule has 0 unspecified atom stereocenters. The second-order valence-corrected chi connectivity index (χ2v) is 5.20. The van der Waals surface area contributed by atoms with E-state index in [2.05, 4.69) is 5.32 Å². The second kappa shape index (κ2) is 8.13. The summed E-state index contributed by atoms with van der Waals surface area (Å²) in [6, 6.07) is 11.6. The lowest BCUT2D eigenvalue weighted by Gasteiger charge is -2.10. The van der Waals surface area contributed by atoms with E-state index in [-0.39, 0.29) is 11.7 Å². The Morgan fingerprint density at radius 2 is 2.09 bits per heavy atom. The van der Waals surface area contributed by atoms with Crippen molar-refractivity contribution in [1.29, 1.82) is 0 Å². The summed E-state index contributed by atoms with van der Waals surface area (Å²) in [5.41, 5.74) is 2.29. The van der Waals surface area contributed by atoms with Gasteiger partial charge >= 0.3 is 0 Å². The lowest BCUT2D eigenvalue weighted by atomic mass is 10.2. The molecule has 0 bridgehead atoms. The summed E-state index contributed by atoms with van der Waals surface area (Å²) in [7, 11) is 0. The van der Waals surface area contributed by atoms with Crippen molar-refractivity contribution in [2.24, 2.45) is 0 Å². The van der Waals surface area contributed by atoms with E-state index in [9.17, 15) is 9.18 Å². The number of benzene rings is 2. The van der Waals surface area contributed by atoms with Gasteiger partial charge in [0, 0.05) is 11.8 Å². The van der Waals surface area contributed by atoms with Crippen LogP contribution in [0.25, 0.3) is 6.08 Å². The van der Waals surface area contributed by atoms with Gasteiger partial charge in [0.15, 0.2) is 0 Å². The van der Waals surface area contributed by atoms with Crippen molar-refractivity contribution >= 4 is 17.7 Å². The molecule has 0 spiro atoms. The maximum absolute atomic E-state index is 13.1. The molecule has 0 aliphatic heterocycles. The quantitative estimate of drug-likeness (QED) is 0.793. The first-order chi connectivity index (χ1) is 11.1. The van der Waals surface area contributed by atoms with Gasteiger partial charge in [-0.05, 0) is 60.9 Å². The van der Waals surface area contributed by atoms with Crippen LogP contribution in [0.15, 0.2) is 48.5 Å². The molecule has 0 fully saturated rings. The standard InChI is InChI=1S/C19H20FNO2/c1-3-11-23-17-8-9-18(14(2)12-17)21-19(22)10-7-15-5-4-6-16(20)13-15/h4-10,12-13H,3,11H2,1-2H3,(H,21,22). The zero-order valence-corrected chi connectivity index (χ0v) is 13.3. The molecule has 0 saturated carbocycles. The van der Waals surface area contributed by atoms with Crippen LogP contribution in [-0.4, -0.2) is 12.5 Å². The van der Waals surface area contributed by atoms with Crippen molar-refractivity contribution in [3.63, 3.8) is 0 Å². The van der Waals surface area contributed by atoms with Crippen molar-refractivity contribution in [2.75, 3.05) is 11.9 Å². The fourth-order valence-electron chi connectivity index (χ4n) is 2.04. The number of anilines is 1. The zero-order chi connectivity index (χ0) is 16.7. The Hall–Kier alpha value is -2.62. The van der Waals surface area contributed by atoms with Gasteiger partial charge in [0.25, 0.3) is 0 Å². The van der Waals surface area contributed by atoms with Crippen LogP contribution >= 0.6 is 0 Å². The number of hydrogen-bond donors (Lipinski definition) is 1. The molecular weight excluding hydrogens is 293 g/mol. The molecule has 0 atom stereocenters. The predicted molar refractivity (Wildman–Crippen MR) is 91.0 cm³/mol. The van der Waals surface area contributed by atoms with Gasteiger partial charge in [-0.1, -0.05) is 19.1 Å². The average molecular weight is 313 g/mol. The summed E-state index contributed by atoms with van der Waals surface area (Å²) in [5.74, 6) is 0.198. The molecule has 1 amide bonds. The number of ether oxygens (including phenoxy) is 1. The van der Waals surface area contributed by atoms with Crippen LogP contribution in [0.5, 0.6) is 5.75 Å². The summed E-state index contributed by atoms with van der Waals surface area (Å²) in [5, 5.41) is 2.80. The molecule has 0 saturated heterocycles. The van der Waals surface area contributed by atoms with Gasteiger partial charge in [0.05, 0.1) is 6.61 Å². The third kappa shape index (κ3) is 5.25. The molecule has 0 aliphatic rings. The third-order valence-corrected chi connectivity index (χ3v) is 3.20. The van der Waals surface area contributed by atoms with Crippen LogP contribution in [0.3, 0.4) is 0 Å². The minimum Gasteiger partial charge on any atom is -0.494 e. The van der Waals surface area contributed by atoms with Gasteiger partial charge in [-0.2, -0.15) is 0 Å². The molecule has 3 nitrogen and oxygen atoms in total. The van der Waals surface area contributed by atoms with Gasteiger partial charge < -0.3 is 10.1 Å². The van der Waals surface area contributed by atoms with Gasteiger partial charge in [-0.15, -0.1) is 0 Å². The maximum Gasteiger partial charge on any atom is 0.248 e. The summed E-state index contributed by atoms with van der Waals surface area (Å²) < 4.78 is 18.6. The van der Waals surface area contributed by atoms with Gasteiger partial charge in [-0.25, -0.2) is 4.39 Å². The van der Waals surface area contributed by atoms with Crippen molar-refractivity contribution in [1.82, 2.24) is 0 Å². The summed E-state index contributed by atoms with van der Waals surface area (Å²) in [6.07, 6.45) is 3.91. The summed E-state index contributed by atoms with van der Waals surface area (Å²) in [4.78, 5) is 12.0. The first-order valence-corrected chi connectivity index (χ1v) is 7.56. The van der Waals surface area contributed by atoms with Crippen LogP contribution in [0.2, 0.25) is 0 Å². The number of carbonyl (C=O) groups excluding carboxylic acids is 1. The van der Waals surface area contributed by atoms with E-state index >= 15 is 0 Å². The monoisotopic (exact) mass is 313 g/mol. The number of carbonyl (C=O) groups is 1. The Bertz CT molecular complexity index is 710. The molecule has 0 aromatic heterocycles. The van der Waals surface area contributed by atoms with E-state index in [0.29, 0.717) is 12.2 Å². The van der Waals surface area contributed by atoms with Crippen LogP contribution in [0.1, 0.15) is 24.5 Å². The van der Waals surface area contributed by atoms with Gasteiger partial charge in [0.1, 0.15) is 11.6 Å². The Morgan fingerprint density at radius 1 is 1.26 bits per heavy atom. The van der Waals surface area contributed by atoms with Crippen LogP contribution in [0.4, 0.5) is 10.1 Å². The number of aryl methyl sites for hydroxylation is 1. The van der Waals surface area contributed by atoms with Crippen molar-refractivity contribution in [2.45, 2.75) is 20.3 Å². The first-order valence-electron chi connectivity index (χ1n) is 7.56. The molecule has 23 heavy (non-hydrogen) atoms. The number of nitrogens with one attached hydrogen (secondary N) is 1. The Kier molecular flexibility index (Phi) is 5.92. The minimum atomic E-state index is -0.328. The Morgan fingerprint density at radius 3 is 2.78 bits per heavy atom. The summed E-state index contributed by atoms with van der Waals surface area (Å²) in [6.45, 7) is 4.62. The van der Waals surface area contributed by atoms with E-state index < -0.39 is 0 Å². The molecular formula is C19H20FNO2. The second-order valence-electron chi connectivity index (χ2n) is 5.20. The fourth-order valence-corrected chi connectivity index (χ4v) is 2.04. The smallest absolute Gasteiger partial charge is 0.248 e. The minimum absolute atomic E-state index is 0.264. The molecule has 120 valence electrons. The Balaban J connectivity index is 1.99. The summed E-state index contributed by atoms with van der Waals surface area (Å²) >= 11 is 0. The van der Waals surface area contributed by atoms with Crippen LogP contribution in [0, 0.1) is 12.7 Å². The molecule has 2 aromatic carbocycles. The average Bonchev–Trinajstić information content (AvgIpc) is 2.53. The lowest BCUT2D eigenvalue weighted by molar-refractivity contribution is -0.111. The van der Waals surface area contributed by atoms with Crippen molar-refractivity contribution < 1.29 is 13.9 Å². The molecule has 0 heterocycles. The first kappa shape index (κ1) is 16.7. The SMILES string of the molecule is CCCOc1ccc(NC(=O)C=Cc2cccc(F)c2)c(C)c1. The molecule has 1 N–H and O–H groups in total. The van der Waals surface area contributed by atoms with E-state index in [4.69, 9.17) is 4.74 Å². The van der Waals surface area contributed by atoms with E-state index in [1.165, 1.54) is 18.2 Å². The van der Waals surface area contributed by atoms with Crippen LogP contribution in [-0.2, 0) is 4.79 Å². The highest BCUT2D eigenvalue weighted by molar-refractivity contribution is 6.02. The highest BCUT2D eigenvalue weighted by Gasteiger charge is 2.04. The zero-order valence-electron chi connectivity index (χ0n) is 13.3. The van der Waals surface area contributed by atoms with Crippen molar-refractivity contribution in [3.05, 3.63) is 65.5 Å². The lowest BCUT2D eigenvalue weighted by Crippen LogP contribution is -2.09. The number of halogens is 1. The molecule has 2 aromatic rings. The van der Waals surface area contributed by atoms with E-state index in [1.807, 2.05) is 32.0 Å². The Labute approximate surface area is 135 Å². The predicted octanol–water partition coefficient (Wildman–Crippen LogP) is 4.57. The number of hydrogen-bond acceptors (Lipinski definition) is 2. The van der Waals surface area contributed by atoms with E-state index in [0.717, 1.165) is 23.4 Å². The van der Waals surface area contributed by atoms with Crippen molar-refractivity contribution in [3.8, 4) is 5.75 Å². The molecule has 4 heteroatoms. The normalized spacial score (nSPS) is 10.7. The molecule has 0 radical (unpaired) electrons. The largest absolute Gasteiger partial charge is 0.494 e. The van der Waals surface area contributed by atoms with Gasteiger partial charge in [-0.3, -0.25) is 4.79 Å². The van der Waals surface area contributed by atoms with E-state index in [1.54, 1.807) is 18.2 Å². The fraction of sp³-hybridized carbons (Fsp3) is 0.211. The molecule has 0 aliphatic carbocycles. The van der Waals surface area contributed by atoms with Gasteiger partial charge in [0.2, 0.25) is 5.91 Å². The number of amides is 1. The molecule has 2 rings (SSSR count). The topological polar surface area (TPSA) is 38.3 Å². The number of rotatable bonds is 6. The maximum atomic E-state index is 13.1. The third-order valence-electron chi connectivity index (χ3n) is 3.20. The van der Waals surface area contributed by atoms with Crippen LogP contribution < -0.4 is 10.1 Å². The highest BCUT2D eigenvalue weighted by atomic mass is 19.1.